The zero-order valence-electron chi connectivity index (χ0n) is 17.9. The number of hydrogen-bond donors (Lipinski definition) is 1. The summed E-state index contributed by atoms with van der Waals surface area (Å²) in [5.41, 5.74) is 1.11. The standard InChI is InChI=1S/C20H15BrF3N3O4.C2H6/c1-11(16(28)10-12-3-2-4-14(21)9-12)25-18(29)19-26-17(27-31-19)13-5-7-15(8-6-13)30-20(22,23)24;1-2/h2-9,11H,10H2,1H3,(H,25,29);1-2H3. The zero-order valence-corrected chi connectivity index (χ0v) is 19.5. The number of hydrogen-bond acceptors (Lipinski definition) is 6. The maximum absolute atomic E-state index is 12.4. The van der Waals surface area contributed by atoms with Gasteiger partial charge in [-0.1, -0.05) is 47.1 Å². The van der Waals surface area contributed by atoms with Gasteiger partial charge in [0.1, 0.15) is 5.75 Å². The molecule has 3 rings (SSSR count). The Morgan fingerprint density at radius 1 is 1.15 bits per heavy atom. The molecule has 0 aliphatic rings. The molecule has 1 atom stereocenters. The highest BCUT2D eigenvalue weighted by Gasteiger charge is 2.31. The summed E-state index contributed by atoms with van der Waals surface area (Å²) < 4.78 is 46.2. The number of ether oxygens (including phenoxy) is 1. The van der Waals surface area contributed by atoms with Crippen LogP contribution in [-0.2, 0) is 11.2 Å². The Morgan fingerprint density at radius 2 is 1.82 bits per heavy atom. The van der Waals surface area contributed by atoms with Crippen LogP contribution < -0.4 is 10.1 Å². The van der Waals surface area contributed by atoms with Gasteiger partial charge in [0.25, 0.3) is 0 Å². The van der Waals surface area contributed by atoms with Gasteiger partial charge in [-0.25, -0.2) is 0 Å². The second-order valence-corrected chi connectivity index (χ2v) is 7.38. The molecular formula is C22H21BrF3N3O4. The number of rotatable bonds is 7. The number of nitrogens with one attached hydrogen (secondary N) is 1. The van der Waals surface area contributed by atoms with Crippen LogP contribution in [0.15, 0.2) is 57.5 Å². The van der Waals surface area contributed by atoms with E-state index in [2.05, 4.69) is 36.1 Å². The molecule has 0 aliphatic carbocycles. The van der Waals surface area contributed by atoms with Crippen LogP contribution in [0.3, 0.4) is 0 Å². The first-order valence-corrected chi connectivity index (χ1v) is 10.7. The molecule has 1 unspecified atom stereocenters. The van der Waals surface area contributed by atoms with Crippen molar-refractivity contribution in [3.63, 3.8) is 0 Å². The van der Waals surface area contributed by atoms with Crippen LogP contribution in [-0.4, -0.2) is 34.2 Å². The number of carbonyl (C=O) groups is 2. The molecule has 0 bridgehead atoms. The topological polar surface area (TPSA) is 94.3 Å². The van der Waals surface area contributed by atoms with Gasteiger partial charge in [-0.3, -0.25) is 9.59 Å². The Bertz CT molecular complexity index is 1080. The van der Waals surface area contributed by atoms with Gasteiger partial charge in [0.05, 0.1) is 6.04 Å². The lowest BCUT2D eigenvalue weighted by Crippen LogP contribution is -2.39. The van der Waals surface area contributed by atoms with Gasteiger partial charge in [-0.05, 0) is 48.9 Å². The molecule has 0 saturated heterocycles. The normalized spacial score (nSPS) is 11.7. The number of amides is 1. The van der Waals surface area contributed by atoms with E-state index in [1.54, 1.807) is 12.1 Å². The highest BCUT2D eigenvalue weighted by Crippen LogP contribution is 2.25. The number of benzene rings is 2. The quantitative estimate of drug-likeness (QED) is 0.444. The lowest BCUT2D eigenvalue weighted by Gasteiger charge is -2.11. The molecule has 11 heteroatoms. The Hall–Kier alpha value is -3.21. The van der Waals surface area contributed by atoms with Crippen molar-refractivity contribution in [3.8, 4) is 17.1 Å². The summed E-state index contributed by atoms with van der Waals surface area (Å²) in [5, 5.41) is 6.13. The van der Waals surface area contributed by atoms with E-state index < -0.39 is 24.1 Å². The van der Waals surface area contributed by atoms with Crippen LogP contribution in [0.5, 0.6) is 5.75 Å². The number of nitrogens with zero attached hydrogens (tertiary/aromatic N) is 2. The highest BCUT2D eigenvalue weighted by atomic mass is 79.9. The Morgan fingerprint density at radius 3 is 2.42 bits per heavy atom. The van der Waals surface area contributed by atoms with E-state index in [1.165, 1.54) is 19.1 Å². The molecule has 1 N–H and O–H groups in total. The van der Waals surface area contributed by atoms with Gasteiger partial charge in [-0.15, -0.1) is 13.2 Å². The van der Waals surface area contributed by atoms with Crippen LogP contribution in [0.1, 0.15) is 37.0 Å². The second kappa shape index (κ2) is 11.6. The molecular weight excluding hydrogens is 507 g/mol. The maximum Gasteiger partial charge on any atom is 0.573 e. The maximum atomic E-state index is 12.4. The lowest BCUT2D eigenvalue weighted by atomic mass is 10.0. The fraction of sp³-hybridized carbons (Fsp3) is 0.273. The van der Waals surface area contributed by atoms with Crippen molar-refractivity contribution in [2.45, 2.75) is 39.6 Å². The second-order valence-electron chi connectivity index (χ2n) is 6.46. The molecule has 0 saturated carbocycles. The number of ketones is 1. The Kier molecular flexibility index (Phi) is 9.15. The summed E-state index contributed by atoms with van der Waals surface area (Å²) >= 11 is 3.33. The first-order valence-electron chi connectivity index (χ1n) is 9.88. The predicted molar refractivity (Wildman–Crippen MR) is 118 cm³/mol. The van der Waals surface area contributed by atoms with Gasteiger partial charge < -0.3 is 14.6 Å². The average Bonchev–Trinajstić information content (AvgIpc) is 3.25. The Labute approximate surface area is 196 Å². The molecule has 1 aromatic heterocycles. The first-order chi connectivity index (χ1) is 15.6. The summed E-state index contributed by atoms with van der Waals surface area (Å²) in [4.78, 5) is 28.6. The van der Waals surface area contributed by atoms with Gasteiger partial charge in [0.15, 0.2) is 5.78 Å². The molecule has 176 valence electrons. The Balaban J connectivity index is 0.00000187. The summed E-state index contributed by atoms with van der Waals surface area (Å²) in [5.74, 6) is -1.75. The van der Waals surface area contributed by atoms with Gasteiger partial charge in [0, 0.05) is 16.5 Å². The number of carbonyl (C=O) groups excluding carboxylic acids is 2. The van der Waals surface area contributed by atoms with Crippen molar-refractivity contribution in [2.24, 2.45) is 0 Å². The third kappa shape index (κ3) is 8.01. The average molecular weight is 528 g/mol. The van der Waals surface area contributed by atoms with Crippen LogP contribution in [0, 0.1) is 0 Å². The molecule has 33 heavy (non-hydrogen) atoms. The first kappa shape index (κ1) is 26.0. The van der Waals surface area contributed by atoms with Crippen molar-refractivity contribution in [1.82, 2.24) is 15.5 Å². The van der Waals surface area contributed by atoms with E-state index >= 15 is 0 Å². The SMILES string of the molecule is CC.CC(NC(=O)c1nc(-c2ccc(OC(F)(F)F)cc2)no1)C(=O)Cc1cccc(Br)c1. The number of aromatic nitrogens is 2. The van der Waals surface area contributed by atoms with Gasteiger partial charge in [0.2, 0.25) is 5.82 Å². The fourth-order valence-corrected chi connectivity index (χ4v) is 3.03. The van der Waals surface area contributed by atoms with Crippen molar-refractivity contribution in [2.75, 3.05) is 0 Å². The van der Waals surface area contributed by atoms with E-state index in [-0.39, 0.29) is 23.9 Å². The molecule has 1 amide bonds. The smallest absolute Gasteiger partial charge is 0.406 e. The molecule has 0 aliphatic heterocycles. The van der Waals surface area contributed by atoms with Crippen molar-refractivity contribution in [3.05, 3.63) is 64.5 Å². The molecule has 2 aromatic carbocycles. The minimum absolute atomic E-state index is 0.00294. The highest BCUT2D eigenvalue weighted by molar-refractivity contribution is 9.10. The monoisotopic (exact) mass is 527 g/mol. The molecule has 3 aromatic rings. The largest absolute Gasteiger partial charge is 0.573 e. The summed E-state index contributed by atoms with van der Waals surface area (Å²) in [6, 6.07) is 11.2. The summed E-state index contributed by atoms with van der Waals surface area (Å²) in [7, 11) is 0. The van der Waals surface area contributed by atoms with E-state index in [4.69, 9.17) is 4.52 Å². The number of halogens is 4. The van der Waals surface area contributed by atoms with Crippen LogP contribution in [0.4, 0.5) is 13.2 Å². The predicted octanol–water partition coefficient (Wildman–Crippen LogP) is 5.35. The van der Waals surface area contributed by atoms with Crippen molar-refractivity contribution >= 4 is 27.6 Å². The van der Waals surface area contributed by atoms with Gasteiger partial charge in [-0.2, -0.15) is 4.98 Å². The van der Waals surface area contributed by atoms with Crippen molar-refractivity contribution < 1.29 is 32.0 Å². The van der Waals surface area contributed by atoms with E-state index in [0.717, 1.165) is 22.2 Å². The molecule has 0 radical (unpaired) electrons. The number of Topliss-reactive ketones (excluding diaryl/α,β-unsaturated/α-hetero) is 1. The zero-order chi connectivity index (χ0) is 24.6. The van der Waals surface area contributed by atoms with Crippen LogP contribution >= 0.6 is 15.9 Å². The molecule has 7 nitrogen and oxygen atoms in total. The van der Waals surface area contributed by atoms with Gasteiger partial charge >= 0.3 is 18.2 Å². The lowest BCUT2D eigenvalue weighted by molar-refractivity contribution is -0.274. The summed E-state index contributed by atoms with van der Waals surface area (Å²) in [6.07, 6.45) is -4.67. The van der Waals surface area contributed by atoms with Crippen LogP contribution in [0.2, 0.25) is 0 Å². The van der Waals surface area contributed by atoms with E-state index in [9.17, 15) is 22.8 Å². The molecule has 0 spiro atoms. The molecule has 0 fully saturated rings. The molecule has 1 heterocycles. The minimum atomic E-state index is -4.80. The third-order valence-corrected chi connectivity index (χ3v) is 4.56. The minimum Gasteiger partial charge on any atom is -0.406 e. The van der Waals surface area contributed by atoms with E-state index in [1.807, 2.05) is 26.0 Å². The number of alkyl halides is 3. The van der Waals surface area contributed by atoms with Crippen LogP contribution in [0.25, 0.3) is 11.4 Å². The van der Waals surface area contributed by atoms with E-state index in [0.29, 0.717) is 5.56 Å². The fourth-order valence-electron chi connectivity index (χ4n) is 2.58. The summed E-state index contributed by atoms with van der Waals surface area (Å²) in [6.45, 7) is 5.54. The van der Waals surface area contributed by atoms with Crippen molar-refractivity contribution in [1.29, 1.82) is 0 Å². The third-order valence-electron chi connectivity index (χ3n) is 4.06.